The second-order valence-corrected chi connectivity index (χ2v) is 8.17. The quantitative estimate of drug-likeness (QED) is 0.809. The summed E-state index contributed by atoms with van der Waals surface area (Å²) in [4.78, 5) is 12.2. The number of hydrogen-bond donors (Lipinski definition) is 2. The molecule has 6 heteroatoms. The largest absolute Gasteiger partial charge is 0.350 e. The second-order valence-electron chi connectivity index (χ2n) is 5.45. The van der Waals surface area contributed by atoms with Crippen LogP contribution >= 0.6 is 35.9 Å². The molecule has 22 heavy (non-hydrogen) atoms. The Morgan fingerprint density at radius 2 is 1.77 bits per heavy atom. The Bertz CT molecular complexity index is 472. The van der Waals surface area contributed by atoms with E-state index in [-0.39, 0.29) is 23.9 Å². The number of thioether (sulfide) groups is 2. The van der Waals surface area contributed by atoms with Gasteiger partial charge in [0.25, 0.3) is 5.91 Å². The van der Waals surface area contributed by atoms with Gasteiger partial charge < -0.3 is 11.1 Å². The van der Waals surface area contributed by atoms with Crippen molar-refractivity contribution in [3.63, 3.8) is 0 Å². The van der Waals surface area contributed by atoms with Crippen molar-refractivity contribution < 1.29 is 4.79 Å². The number of benzene rings is 1. The smallest absolute Gasteiger partial charge is 0.251 e. The Hall–Kier alpha value is -0.360. The number of halogens is 1. The van der Waals surface area contributed by atoms with Crippen LogP contribution in [0, 0.1) is 0 Å². The summed E-state index contributed by atoms with van der Waals surface area (Å²) in [5.41, 5.74) is 7.92. The van der Waals surface area contributed by atoms with Gasteiger partial charge in [-0.2, -0.15) is 0 Å². The maximum Gasteiger partial charge on any atom is 0.251 e. The zero-order valence-corrected chi connectivity index (χ0v) is 15.6. The standard InChI is InChI=1S/C16H24N2OS2.ClH/c1-3-16(17,4-2)11-18-14(19)12-5-7-13(8-6-12)15-20-9-10-21-15;/h5-8,15H,3-4,9-11,17H2,1-2H3,(H,18,19);1H. The molecule has 1 aliphatic heterocycles. The van der Waals surface area contributed by atoms with Crippen molar-refractivity contribution in [1.29, 1.82) is 0 Å². The average molecular weight is 361 g/mol. The minimum Gasteiger partial charge on any atom is -0.350 e. The fourth-order valence-electron chi connectivity index (χ4n) is 2.20. The predicted octanol–water partition coefficient (Wildman–Crippen LogP) is 3.83. The zero-order valence-electron chi connectivity index (χ0n) is 13.1. The molecule has 1 heterocycles. The molecule has 0 aromatic heterocycles. The number of nitrogens with two attached hydrogens (primary N) is 1. The van der Waals surface area contributed by atoms with Gasteiger partial charge in [0.15, 0.2) is 0 Å². The molecule has 0 unspecified atom stereocenters. The summed E-state index contributed by atoms with van der Waals surface area (Å²) in [6.45, 7) is 4.64. The van der Waals surface area contributed by atoms with Gasteiger partial charge in [-0.15, -0.1) is 35.9 Å². The third kappa shape index (κ3) is 5.08. The molecule has 0 atom stereocenters. The molecule has 3 nitrogen and oxygen atoms in total. The number of nitrogens with one attached hydrogen (secondary N) is 1. The summed E-state index contributed by atoms with van der Waals surface area (Å²) in [5, 5.41) is 2.96. The van der Waals surface area contributed by atoms with Crippen molar-refractivity contribution in [1.82, 2.24) is 5.32 Å². The van der Waals surface area contributed by atoms with E-state index >= 15 is 0 Å². The highest BCUT2D eigenvalue weighted by atomic mass is 35.5. The highest BCUT2D eigenvalue weighted by molar-refractivity contribution is 8.19. The van der Waals surface area contributed by atoms with E-state index in [2.05, 4.69) is 31.3 Å². The van der Waals surface area contributed by atoms with E-state index in [9.17, 15) is 4.79 Å². The molecule has 1 aromatic carbocycles. The lowest BCUT2D eigenvalue weighted by molar-refractivity contribution is 0.0942. The van der Waals surface area contributed by atoms with Gasteiger partial charge in [-0.3, -0.25) is 4.79 Å². The molecule has 1 aliphatic rings. The molecule has 0 saturated carbocycles. The molecule has 0 aliphatic carbocycles. The lowest BCUT2D eigenvalue weighted by atomic mass is 9.94. The molecule has 3 N–H and O–H groups in total. The van der Waals surface area contributed by atoms with Gasteiger partial charge >= 0.3 is 0 Å². The first-order valence-electron chi connectivity index (χ1n) is 7.48. The van der Waals surface area contributed by atoms with Gasteiger partial charge in [-0.25, -0.2) is 0 Å². The summed E-state index contributed by atoms with van der Waals surface area (Å²) in [6, 6.07) is 7.97. The van der Waals surface area contributed by atoms with Crippen LogP contribution < -0.4 is 11.1 Å². The molecule has 0 radical (unpaired) electrons. The normalized spacial score (nSPS) is 15.4. The van der Waals surface area contributed by atoms with Crippen LogP contribution in [0.4, 0.5) is 0 Å². The number of carbonyl (C=O) groups excluding carboxylic acids is 1. The molecule has 1 saturated heterocycles. The fraction of sp³-hybridized carbons (Fsp3) is 0.562. The lowest BCUT2D eigenvalue weighted by Gasteiger charge is -2.26. The van der Waals surface area contributed by atoms with Crippen LogP contribution in [0.25, 0.3) is 0 Å². The van der Waals surface area contributed by atoms with Crippen LogP contribution in [-0.2, 0) is 0 Å². The zero-order chi connectivity index (χ0) is 15.3. The first kappa shape index (κ1) is 19.7. The van der Waals surface area contributed by atoms with E-state index in [0.717, 1.165) is 12.8 Å². The monoisotopic (exact) mass is 360 g/mol. The topological polar surface area (TPSA) is 55.1 Å². The van der Waals surface area contributed by atoms with Crippen LogP contribution in [0.15, 0.2) is 24.3 Å². The number of rotatable bonds is 6. The average Bonchev–Trinajstić information content (AvgIpc) is 3.07. The van der Waals surface area contributed by atoms with Crippen LogP contribution in [0.1, 0.15) is 47.2 Å². The van der Waals surface area contributed by atoms with Gasteiger partial charge in [0.2, 0.25) is 0 Å². The van der Waals surface area contributed by atoms with Gasteiger partial charge in [-0.1, -0.05) is 26.0 Å². The summed E-state index contributed by atoms with van der Waals surface area (Å²) >= 11 is 3.95. The van der Waals surface area contributed by atoms with Crippen LogP contribution in [-0.4, -0.2) is 29.5 Å². The van der Waals surface area contributed by atoms with Crippen molar-refractivity contribution in [2.24, 2.45) is 5.73 Å². The second kappa shape index (κ2) is 9.06. The Morgan fingerprint density at radius 1 is 1.23 bits per heavy atom. The SMILES string of the molecule is CCC(N)(CC)CNC(=O)c1ccc(C2SCCS2)cc1.Cl. The Kier molecular flexibility index (Phi) is 8.11. The molecule has 0 bridgehead atoms. The summed E-state index contributed by atoms with van der Waals surface area (Å²) < 4.78 is 0.527. The molecular weight excluding hydrogens is 336 g/mol. The van der Waals surface area contributed by atoms with Crippen LogP contribution in [0.2, 0.25) is 0 Å². The van der Waals surface area contributed by atoms with Crippen molar-refractivity contribution in [3.05, 3.63) is 35.4 Å². The molecule has 2 rings (SSSR count). The van der Waals surface area contributed by atoms with E-state index in [4.69, 9.17) is 5.73 Å². The third-order valence-electron chi connectivity index (χ3n) is 4.08. The number of amides is 1. The highest BCUT2D eigenvalue weighted by Crippen LogP contribution is 2.45. The summed E-state index contributed by atoms with van der Waals surface area (Å²) in [7, 11) is 0. The van der Waals surface area contributed by atoms with Crippen molar-refractivity contribution in [3.8, 4) is 0 Å². The van der Waals surface area contributed by atoms with E-state index in [1.54, 1.807) is 0 Å². The minimum atomic E-state index is -0.299. The third-order valence-corrected chi connectivity index (χ3v) is 7.18. The fourth-order valence-corrected chi connectivity index (χ4v) is 5.06. The summed E-state index contributed by atoms with van der Waals surface area (Å²) in [6.07, 6.45) is 1.72. The van der Waals surface area contributed by atoms with E-state index in [0.29, 0.717) is 16.7 Å². The molecule has 1 aromatic rings. The summed E-state index contributed by atoms with van der Waals surface area (Å²) in [5.74, 6) is 2.39. The van der Waals surface area contributed by atoms with Crippen molar-refractivity contribution in [2.75, 3.05) is 18.1 Å². The highest BCUT2D eigenvalue weighted by Gasteiger charge is 2.22. The molecule has 1 fully saturated rings. The van der Waals surface area contributed by atoms with E-state index in [1.165, 1.54) is 17.1 Å². The number of hydrogen-bond acceptors (Lipinski definition) is 4. The molecular formula is C16H25ClN2OS2. The Balaban J connectivity index is 0.00000242. The maximum absolute atomic E-state index is 12.2. The minimum absolute atomic E-state index is 0. The molecule has 124 valence electrons. The Labute approximate surface area is 148 Å². The van der Waals surface area contributed by atoms with Gasteiger partial charge in [-0.05, 0) is 30.5 Å². The molecule has 0 spiro atoms. The van der Waals surface area contributed by atoms with Crippen LogP contribution in [0.5, 0.6) is 0 Å². The predicted molar refractivity (Wildman–Crippen MR) is 101 cm³/mol. The van der Waals surface area contributed by atoms with E-state index < -0.39 is 0 Å². The first-order chi connectivity index (χ1) is 10.1. The number of carbonyl (C=O) groups is 1. The maximum atomic E-state index is 12.2. The van der Waals surface area contributed by atoms with Crippen molar-refractivity contribution in [2.45, 2.75) is 36.8 Å². The van der Waals surface area contributed by atoms with Gasteiger partial charge in [0, 0.05) is 29.2 Å². The van der Waals surface area contributed by atoms with Gasteiger partial charge in [0.1, 0.15) is 0 Å². The van der Waals surface area contributed by atoms with Gasteiger partial charge in [0.05, 0.1) is 4.58 Å². The first-order valence-corrected chi connectivity index (χ1v) is 9.58. The Morgan fingerprint density at radius 3 is 2.27 bits per heavy atom. The van der Waals surface area contributed by atoms with Crippen molar-refractivity contribution >= 4 is 41.8 Å². The lowest BCUT2D eigenvalue weighted by Crippen LogP contribution is -2.49. The van der Waals surface area contributed by atoms with E-state index in [1.807, 2.05) is 35.7 Å². The molecule has 1 amide bonds. The van der Waals surface area contributed by atoms with Crippen LogP contribution in [0.3, 0.4) is 0 Å².